The number of nitrogens with one attached hydrogen (secondary N) is 1. The van der Waals surface area contributed by atoms with Gasteiger partial charge in [0, 0.05) is 12.4 Å². The van der Waals surface area contributed by atoms with Gasteiger partial charge in [-0.2, -0.15) is 0 Å². The first kappa shape index (κ1) is 14.6. The number of pyridine rings is 2. The molecule has 0 aliphatic rings. The normalized spacial score (nSPS) is 11.7. The van der Waals surface area contributed by atoms with Crippen LogP contribution in [0.15, 0.2) is 36.7 Å². The van der Waals surface area contributed by atoms with Crippen LogP contribution < -0.4 is 5.32 Å². The van der Waals surface area contributed by atoms with Gasteiger partial charge in [0.15, 0.2) is 0 Å². The van der Waals surface area contributed by atoms with Crippen molar-refractivity contribution in [2.45, 2.75) is 19.9 Å². The number of amides is 1. The topological polar surface area (TPSA) is 92.2 Å². The third kappa shape index (κ3) is 3.42. The van der Waals surface area contributed by atoms with Gasteiger partial charge < -0.3 is 10.4 Å². The Kier molecular flexibility index (Phi) is 4.27. The molecule has 2 N–H and O–H groups in total. The Hall–Kier alpha value is -2.76. The summed E-state index contributed by atoms with van der Waals surface area (Å²) in [6.45, 7) is 3.41. The van der Waals surface area contributed by atoms with Crippen molar-refractivity contribution in [1.82, 2.24) is 15.3 Å². The predicted molar refractivity (Wildman–Crippen MR) is 76.1 cm³/mol. The van der Waals surface area contributed by atoms with E-state index < -0.39 is 5.97 Å². The van der Waals surface area contributed by atoms with Crippen LogP contribution >= 0.6 is 0 Å². The van der Waals surface area contributed by atoms with E-state index in [-0.39, 0.29) is 23.2 Å². The molecule has 0 aliphatic carbocycles. The molecule has 1 atom stereocenters. The smallest absolute Gasteiger partial charge is 0.337 e. The second kappa shape index (κ2) is 6.13. The summed E-state index contributed by atoms with van der Waals surface area (Å²) in [5.41, 5.74) is 1.52. The van der Waals surface area contributed by atoms with E-state index >= 15 is 0 Å². The standard InChI is InChI=1S/C15H15N3O3/c1-9(11-5-7-16-8-6-11)18-14(19)13-4-3-12(15(20)21)10(2)17-13/h3-9H,1-2H3,(H,18,19)(H,20,21). The van der Waals surface area contributed by atoms with Gasteiger partial charge in [-0.25, -0.2) is 9.78 Å². The summed E-state index contributed by atoms with van der Waals surface area (Å²) in [5, 5.41) is 11.8. The van der Waals surface area contributed by atoms with Crippen LogP contribution in [0.5, 0.6) is 0 Å². The molecule has 1 amide bonds. The summed E-state index contributed by atoms with van der Waals surface area (Å²) in [6.07, 6.45) is 3.31. The van der Waals surface area contributed by atoms with Gasteiger partial charge in [0.2, 0.25) is 0 Å². The van der Waals surface area contributed by atoms with Gasteiger partial charge in [-0.15, -0.1) is 0 Å². The van der Waals surface area contributed by atoms with Crippen molar-refractivity contribution >= 4 is 11.9 Å². The molecule has 6 heteroatoms. The summed E-state index contributed by atoms with van der Waals surface area (Å²) in [6, 6.07) is 6.23. The zero-order valence-corrected chi connectivity index (χ0v) is 11.7. The SMILES string of the molecule is Cc1nc(C(=O)NC(C)c2ccncc2)ccc1C(=O)O. The second-order valence-corrected chi connectivity index (χ2v) is 4.61. The Balaban J connectivity index is 2.14. The van der Waals surface area contributed by atoms with Crippen LogP contribution in [-0.4, -0.2) is 27.0 Å². The van der Waals surface area contributed by atoms with Crippen LogP contribution in [0.25, 0.3) is 0 Å². The Bertz CT molecular complexity index is 671. The van der Waals surface area contributed by atoms with E-state index in [0.717, 1.165) is 5.56 Å². The van der Waals surface area contributed by atoms with Crippen molar-refractivity contribution in [3.05, 3.63) is 59.2 Å². The van der Waals surface area contributed by atoms with Crippen molar-refractivity contribution < 1.29 is 14.7 Å². The predicted octanol–water partition coefficient (Wildman–Crippen LogP) is 1.97. The molecule has 2 aromatic heterocycles. The summed E-state index contributed by atoms with van der Waals surface area (Å²) in [4.78, 5) is 31.0. The van der Waals surface area contributed by atoms with Crippen molar-refractivity contribution in [2.75, 3.05) is 0 Å². The molecule has 2 rings (SSSR count). The Labute approximate surface area is 121 Å². The minimum absolute atomic E-state index is 0.0914. The first-order valence-corrected chi connectivity index (χ1v) is 6.40. The number of hydrogen-bond donors (Lipinski definition) is 2. The fraction of sp³-hybridized carbons (Fsp3) is 0.200. The van der Waals surface area contributed by atoms with Gasteiger partial charge in [-0.05, 0) is 43.7 Å². The molecule has 6 nitrogen and oxygen atoms in total. The molecule has 0 spiro atoms. The van der Waals surface area contributed by atoms with E-state index in [4.69, 9.17) is 5.11 Å². The monoisotopic (exact) mass is 285 g/mol. The van der Waals surface area contributed by atoms with E-state index in [2.05, 4.69) is 15.3 Å². The third-order valence-electron chi connectivity index (χ3n) is 3.10. The average Bonchev–Trinajstić information content (AvgIpc) is 2.47. The van der Waals surface area contributed by atoms with Crippen LogP contribution in [-0.2, 0) is 0 Å². The van der Waals surface area contributed by atoms with Crippen LogP contribution in [0.2, 0.25) is 0 Å². The van der Waals surface area contributed by atoms with Crippen molar-refractivity contribution in [1.29, 1.82) is 0 Å². The van der Waals surface area contributed by atoms with Gasteiger partial charge in [-0.1, -0.05) is 0 Å². The Morgan fingerprint density at radius 1 is 1.19 bits per heavy atom. The maximum Gasteiger partial charge on any atom is 0.337 e. The molecule has 0 radical (unpaired) electrons. The Morgan fingerprint density at radius 3 is 2.43 bits per heavy atom. The lowest BCUT2D eigenvalue weighted by atomic mass is 10.1. The fourth-order valence-electron chi connectivity index (χ4n) is 1.92. The van der Waals surface area contributed by atoms with Gasteiger partial charge >= 0.3 is 5.97 Å². The number of carbonyl (C=O) groups is 2. The number of carboxylic acid groups (broad SMARTS) is 1. The van der Waals surface area contributed by atoms with E-state index in [1.165, 1.54) is 12.1 Å². The van der Waals surface area contributed by atoms with E-state index in [0.29, 0.717) is 5.69 Å². The highest BCUT2D eigenvalue weighted by atomic mass is 16.4. The summed E-state index contributed by atoms with van der Waals surface area (Å²) in [5.74, 6) is -1.41. The molecule has 2 aromatic rings. The summed E-state index contributed by atoms with van der Waals surface area (Å²) >= 11 is 0. The maximum atomic E-state index is 12.1. The summed E-state index contributed by atoms with van der Waals surface area (Å²) in [7, 11) is 0. The first-order chi connectivity index (χ1) is 9.99. The number of hydrogen-bond acceptors (Lipinski definition) is 4. The minimum Gasteiger partial charge on any atom is -0.478 e. The van der Waals surface area contributed by atoms with Crippen LogP contribution in [0, 0.1) is 6.92 Å². The molecule has 0 aromatic carbocycles. The number of rotatable bonds is 4. The lowest BCUT2D eigenvalue weighted by molar-refractivity contribution is 0.0694. The number of aromatic nitrogens is 2. The van der Waals surface area contributed by atoms with Crippen LogP contribution in [0.3, 0.4) is 0 Å². The number of aryl methyl sites for hydroxylation is 1. The minimum atomic E-state index is -1.06. The number of carbonyl (C=O) groups excluding carboxylic acids is 1. The lowest BCUT2D eigenvalue weighted by Crippen LogP contribution is -2.27. The third-order valence-corrected chi connectivity index (χ3v) is 3.10. The highest BCUT2D eigenvalue weighted by Gasteiger charge is 2.15. The Morgan fingerprint density at radius 2 is 1.86 bits per heavy atom. The quantitative estimate of drug-likeness (QED) is 0.896. The van der Waals surface area contributed by atoms with E-state index in [9.17, 15) is 9.59 Å². The molecule has 0 saturated heterocycles. The average molecular weight is 285 g/mol. The second-order valence-electron chi connectivity index (χ2n) is 4.61. The summed E-state index contributed by atoms with van der Waals surface area (Å²) < 4.78 is 0. The molecule has 0 bridgehead atoms. The molecule has 108 valence electrons. The molecular weight excluding hydrogens is 270 g/mol. The van der Waals surface area contributed by atoms with Crippen LogP contribution in [0.4, 0.5) is 0 Å². The lowest BCUT2D eigenvalue weighted by Gasteiger charge is -2.14. The van der Waals surface area contributed by atoms with Gasteiger partial charge in [-0.3, -0.25) is 9.78 Å². The first-order valence-electron chi connectivity index (χ1n) is 6.40. The molecule has 1 unspecified atom stereocenters. The molecular formula is C15H15N3O3. The molecule has 21 heavy (non-hydrogen) atoms. The number of nitrogens with zero attached hydrogens (tertiary/aromatic N) is 2. The fourth-order valence-corrected chi connectivity index (χ4v) is 1.92. The van der Waals surface area contributed by atoms with E-state index in [1.807, 2.05) is 19.1 Å². The highest BCUT2D eigenvalue weighted by Crippen LogP contribution is 2.12. The van der Waals surface area contributed by atoms with Gasteiger partial charge in [0.05, 0.1) is 17.3 Å². The zero-order valence-electron chi connectivity index (χ0n) is 11.7. The molecule has 0 fully saturated rings. The molecule has 0 saturated carbocycles. The van der Waals surface area contributed by atoms with Crippen molar-refractivity contribution in [2.24, 2.45) is 0 Å². The largest absolute Gasteiger partial charge is 0.478 e. The van der Waals surface area contributed by atoms with Crippen molar-refractivity contribution in [3.8, 4) is 0 Å². The number of carboxylic acids is 1. The molecule has 2 heterocycles. The van der Waals surface area contributed by atoms with Gasteiger partial charge in [0.1, 0.15) is 5.69 Å². The number of aromatic carboxylic acids is 1. The van der Waals surface area contributed by atoms with E-state index in [1.54, 1.807) is 19.3 Å². The zero-order chi connectivity index (χ0) is 15.4. The maximum absolute atomic E-state index is 12.1. The van der Waals surface area contributed by atoms with Crippen LogP contribution in [0.1, 0.15) is 45.1 Å². The van der Waals surface area contributed by atoms with Gasteiger partial charge in [0.25, 0.3) is 5.91 Å². The highest BCUT2D eigenvalue weighted by molar-refractivity contribution is 5.94. The molecule has 0 aliphatic heterocycles. The van der Waals surface area contributed by atoms with Crippen molar-refractivity contribution in [3.63, 3.8) is 0 Å².